The third-order valence-electron chi connectivity index (χ3n) is 10.1. The van der Waals surface area contributed by atoms with Crippen LogP contribution in [0.4, 0.5) is 9.18 Å². The first-order chi connectivity index (χ1) is 24.5. The summed E-state index contributed by atoms with van der Waals surface area (Å²) in [5, 5.41) is 5.76. The van der Waals surface area contributed by atoms with Crippen molar-refractivity contribution in [3.63, 3.8) is 0 Å². The summed E-state index contributed by atoms with van der Waals surface area (Å²) in [4.78, 5) is 52.1. The number of aromatic nitrogens is 2. The third-order valence-corrected chi connectivity index (χ3v) is 11.9. The van der Waals surface area contributed by atoms with E-state index in [-0.39, 0.29) is 25.3 Å². The number of sulfonamides is 1. The molecule has 15 heteroatoms. The van der Waals surface area contributed by atoms with Gasteiger partial charge < -0.3 is 25.0 Å². The number of nitrogens with one attached hydrogen (secondary N) is 3. The van der Waals surface area contributed by atoms with Gasteiger partial charge in [0, 0.05) is 30.0 Å². The molecule has 51 heavy (non-hydrogen) atoms. The number of benzene rings is 2. The summed E-state index contributed by atoms with van der Waals surface area (Å²) in [7, 11) is -2.30. The van der Waals surface area contributed by atoms with Crippen molar-refractivity contribution in [2.75, 3.05) is 20.2 Å². The van der Waals surface area contributed by atoms with E-state index in [1.807, 2.05) is 19.1 Å². The molecule has 4 amide bonds. The number of ether oxygens (including phenoxy) is 2. The molecule has 2 aliphatic carbocycles. The average Bonchev–Trinajstić information content (AvgIpc) is 4.03. The van der Waals surface area contributed by atoms with Crippen molar-refractivity contribution >= 4 is 38.8 Å². The first kappa shape index (κ1) is 34.6. The predicted octanol–water partition coefficient (Wildman–Crippen LogP) is 3.90. The number of amides is 4. The maximum atomic E-state index is 14.1. The van der Waals surface area contributed by atoms with Gasteiger partial charge in [0.15, 0.2) is 5.82 Å². The number of carbonyl (C=O) groups excluding carboxylic acids is 3. The van der Waals surface area contributed by atoms with Crippen molar-refractivity contribution in [1.29, 1.82) is 0 Å². The lowest BCUT2D eigenvalue weighted by Crippen LogP contribution is -2.57. The summed E-state index contributed by atoms with van der Waals surface area (Å²) in [5.74, 6) is -1.04. The second-order valence-electron chi connectivity index (χ2n) is 13.7. The van der Waals surface area contributed by atoms with Crippen molar-refractivity contribution in [3.8, 4) is 23.0 Å². The minimum absolute atomic E-state index is 0.0367. The van der Waals surface area contributed by atoms with E-state index in [4.69, 9.17) is 19.4 Å². The van der Waals surface area contributed by atoms with Crippen LogP contribution in [0.15, 0.2) is 48.6 Å². The number of aryl methyl sites for hydroxylation is 1. The average molecular weight is 721 g/mol. The number of methoxy groups -OCH3 is 1. The second kappa shape index (κ2) is 13.7. The van der Waals surface area contributed by atoms with Gasteiger partial charge >= 0.3 is 6.03 Å². The fourth-order valence-electron chi connectivity index (χ4n) is 6.93. The molecule has 3 fully saturated rings. The van der Waals surface area contributed by atoms with Crippen LogP contribution in [0.25, 0.3) is 22.3 Å². The molecule has 0 unspecified atom stereocenters. The fourth-order valence-corrected chi connectivity index (χ4v) is 8.29. The van der Waals surface area contributed by atoms with Crippen LogP contribution >= 0.6 is 0 Å². The van der Waals surface area contributed by atoms with Crippen LogP contribution in [-0.2, 0) is 19.6 Å². The first-order valence-corrected chi connectivity index (χ1v) is 18.9. The highest BCUT2D eigenvalue weighted by atomic mass is 32.2. The molecule has 4 atom stereocenters. The Morgan fingerprint density at radius 1 is 1.08 bits per heavy atom. The van der Waals surface area contributed by atoms with E-state index in [0.29, 0.717) is 47.4 Å². The highest BCUT2D eigenvalue weighted by molar-refractivity contribution is 7.91. The summed E-state index contributed by atoms with van der Waals surface area (Å²) in [5.41, 5.74) is 0.400. The zero-order valence-electron chi connectivity index (χ0n) is 28.5. The molecule has 3 heterocycles. The Kier molecular flexibility index (Phi) is 9.33. The lowest BCUT2D eigenvalue weighted by molar-refractivity contribution is -0.131. The van der Waals surface area contributed by atoms with Gasteiger partial charge in [0.25, 0.3) is 5.91 Å². The summed E-state index contributed by atoms with van der Waals surface area (Å²) in [6.45, 7) is 2.32. The van der Waals surface area contributed by atoms with Gasteiger partial charge in [-0.3, -0.25) is 14.3 Å². The van der Waals surface area contributed by atoms with Gasteiger partial charge in [0.2, 0.25) is 21.8 Å². The van der Waals surface area contributed by atoms with Gasteiger partial charge in [-0.25, -0.2) is 22.6 Å². The Labute approximate surface area is 295 Å². The molecule has 13 nitrogen and oxygen atoms in total. The molecule has 3 N–H and O–H groups in total. The monoisotopic (exact) mass is 720 g/mol. The van der Waals surface area contributed by atoms with Gasteiger partial charge in [-0.15, -0.1) is 0 Å². The van der Waals surface area contributed by atoms with Crippen molar-refractivity contribution in [3.05, 3.63) is 59.9 Å². The molecule has 2 aliphatic heterocycles. The van der Waals surface area contributed by atoms with E-state index in [2.05, 4.69) is 15.4 Å². The number of hydrogen-bond donors (Lipinski definition) is 3. The van der Waals surface area contributed by atoms with Gasteiger partial charge in [-0.05, 0) is 81.8 Å². The summed E-state index contributed by atoms with van der Waals surface area (Å²) in [6.07, 6.45) is 7.69. The molecule has 1 saturated heterocycles. The molecule has 0 radical (unpaired) electrons. The van der Waals surface area contributed by atoms with Crippen molar-refractivity contribution in [1.82, 2.24) is 30.2 Å². The number of halogens is 1. The highest BCUT2D eigenvalue weighted by Crippen LogP contribution is 2.46. The normalized spacial score (nSPS) is 26.1. The molecule has 4 aliphatic rings. The van der Waals surface area contributed by atoms with Crippen LogP contribution in [0, 0.1) is 18.7 Å². The number of fused-ring (bicyclic) bond motifs is 3. The maximum absolute atomic E-state index is 14.1. The maximum Gasteiger partial charge on any atom is 0.318 e. The minimum Gasteiger partial charge on any atom is -0.496 e. The first-order valence-electron chi connectivity index (χ1n) is 17.4. The molecule has 1 aromatic heterocycles. The van der Waals surface area contributed by atoms with Crippen LogP contribution in [0.1, 0.15) is 56.9 Å². The number of rotatable bonds is 7. The Morgan fingerprint density at radius 3 is 2.61 bits per heavy atom. The van der Waals surface area contributed by atoms with Crippen LogP contribution in [-0.4, -0.2) is 84.3 Å². The zero-order valence-corrected chi connectivity index (χ0v) is 29.3. The predicted molar refractivity (Wildman–Crippen MR) is 186 cm³/mol. The molecule has 3 aromatic rings. The Hall–Kier alpha value is -4.79. The largest absolute Gasteiger partial charge is 0.496 e. The molecule has 7 rings (SSSR count). The molecule has 0 spiro atoms. The van der Waals surface area contributed by atoms with Gasteiger partial charge in [0.1, 0.15) is 29.3 Å². The standard InChI is InChI=1S/C36H41FN6O7S/c1-21-29(49-2)16-15-27-30(21)39-31(22-9-11-24(37)12-10-22)40-33(27)50-25-18-28-32(44)41-36(34(45)42-51(47,48)26-13-14-26)19-23(36)8-6-4-3-5-7-17-38-35(46)43(28)20-25/h6,8-12,15-16,23,25-26,28H,3-5,7,13-14,17-20H2,1-2H3,(H,38,46)(H,41,44)(H,42,45)/b8-6-/t23-,25-,28+,36-/m1/s1. The van der Waals surface area contributed by atoms with E-state index in [1.165, 1.54) is 17.0 Å². The SMILES string of the molecule is COc1ccc2c(O[C@@H]3C[C@H]4C(=O)N[C@]5(C(=O)NS(=O)(=O)C6CC6)C[C@H]5/C=C\CCCCCNC(=O)N4C3)nc(-c3ccc(F)cc3)nc2c1C. The van der Waals surface area contributed by atoms with E-state index >= 15 is 0 Å². The zero-order chi connectivity index (χ0) is 35.9. The lowest BCUT2D eigenvalue weighted by Gasteiger charge is -2.26. The number of urea groups is 1. The van der Waals surface area contributed by atoms with Crippen LogP contribution < -0.4 is 24.8 Å². The third kappa shape index (κ3) is 7.08. The molecule has 2 saturated carbocycles. The van der Waals surface area contributed by atoms with Crippen molar-refractivity contribution < 1.29 is 36.7 Å². The van der Waals surface area contributed by atoms with Crippen molar-refractivity contribution in [2.24, 2.45) is 5.92 Å². The van der Waals surface area contributed by atoms with E-state index < -0.39 is 62.5 Å². The second-order valence-corrected chi connectivity index (χ2v) is 15.7. The lowest BCUT2D eigenvalue weighted by atomic mass is 10.1. The van der Waals surface area contributed by atoms with Crippen LogP contribution in [0.5, 0.6) is 11.6 Å². The minimum atomic E-state index is -3.86. The quantitative estimate of drug-likeness (QED) is 0.307. The topological polar surface area (TPSA) is 169 Å². The fraction of sp³-hybridized carbons (Fsp3) is 0.472. The highest BCUT2D eigenvalue weighted by Gasteiger charge is 2.62. The molecular formula is C36H41FN6O7S. The summed E-state index contributed by atoms with van der Waals surface area (Å²) in [6, 6.07) is 7.85. The smallest absolute Gasteiger partial charge is 0.318 e. The van der Waals surface area contributed by atoms with Gasteiger partial charge in [0.05, 0.1) is 29.8 Å². The van der Waals surface area contributed by atoms with Gasteiger partial charge in [-0.2, -0.15) is 4.98 Å². The van der Waals surface area contributed by atoms with Gasteiger partial charge in [-0.1, -0.05) is 18.6 Å². The van der Waals surface area contributed by atoms with E-state index in [1.54, 1.807) is 31.4 Å². The van der Waals surface area contributed by atoms with E-state index in [0.717, 1.165) is 31.2 Å². The van der Waals surface area contributed by atoms with Crippen molar-refractivity contribution in [2.45, 2.75) is 81.2 Å². The molecular weight excluding hydrogens is 679 g/mol. The molecule has 270 valence electrons. The number of hydrogen-bond acceptors (Lipinski definition) is 9. The number of nitrogens with zero attached hydrogens (tertiary/aromatic N) is 3. The molecule has 0 bridgehead atoms. The Balaban J connectivity index is 1.20. The van der Waals surface area contributed by atoms with E-state index in [9.17, 15) is 27.2 Å². The Bertz CT molecular complexity index is 2000. The molecule has 2 aromatic carbocycles. The summed E-state index contributed by atoms with van der Waals surface area (Å²) < 4.78 is 53.5. The number of carbonyl (C=O) groups is 3. The van der Waals surface area contributed by atoms with Crippen LogP contribution in [0.2, 0.25) is 0 Å². The Morgan fingerprint density at radius 2 is 1.86 bits per heavy atom. The van der Waals surface area contributed by atoms with Crippen LogP contribution in [0.3, 0.4) is 0 Å². The summed E-state index contributed by atoms with van der Waals surface area (Å²) >= 11 is 0. The number of allylic oxidation sites excluding steroid dienone is 1.